The number of carbonyl (C=O) groups excluding carboxylic acids is 2. The van der Waals surface area contributed by atoms with E-state index in [9.17, 15) is 9.59 Å². The zero-order chi connectivity index (χ0) is 11.1. The molecule has 0 spiro atoms. The predicted octanol–water partition coefficient (Wildman–Crippen LogP) is 2.24. The summed E-state index contributed by atoms with van der Waals surface area (Å²) in [5, 5.41) is 0.0829. The summed E-state index contributed by atoms with van der Waals surface area (Å²) in [5.74, 6) is 0.0771. The number of rotatable bonds is 5. The average molecular weight is 218 g/mol. The Bertz CT molecular complexity index is 202. The summed E-state index contributed by atoms with van der Waals surface area (Å²) in [5.41, 5.74) is 0. The largest absolute Gasteiger partial charge is 0.466 e. The lowest BCUT2D eigenvalue weighted by Crippen LogP contribution is -2.19. The topological polar surface area (TPSA) is 43.4 Å². The van der Waals surface area contributed by atoms with E-state index in [4.69, 9.17) is 4.74 Å². The first-order valence-corrected chi connectivity index (χ1v) is 5.68. The molecule has 0 fully saturated rings. The van der Waals surface area contributed by atoms with Crippen LogP contribution in [0.2, 0.25) is 0 Å². The van der Waals surface area contributed by atoms with Crippen LogP contribution in [0.15, 0.2) is 0 Å². The van der Waals surface area contributed by atoms with Crippen LogP contribution in [0.5, 0.6) is 0 Å². The maximum absolute atomic E-state index is 11.2. The van der Waals surface area contributed by atoms with Crippen molar-refractivity contribution < 1.29 is 14.3 Å². The van der Waals surface area contributed by atoms with E-state index < -0.39 is 0 Å². The second kappa shape index (κ2) is 6.87. The van der Waals surface area contributed by atoms with Crippen LogP contribution in [0.3, 0.4) is 0 Å². The highest BCUT2D eigenvalue weighted by Crippen LogP contribution is 2.23. The van der Waals surface area contributed by atoms with Gasteiger partial charge >= 0.3 is 5.97 Å². The summed E-state index contributed by atoms with van der Waals surface area (Å²) < 4.78 is 4.84. The first kappa shape index (κ1) is 13.5. The molecule has 0 rings (SSSR count). The number of hydrogen-bond acceptors (Lipinski definition) is 4. The lowest BCUT2D eigenvalue weighted by molar-refractivity contribution is -0.143. The molecule has 3 nitrogen and oxygen atoms in total. The lowest BCUT2D eigenvalue weighted by atomic mass is 10.1. The van der Waals surface area contributed by atoms with Gasteiger partial charge in [-0.3, -0.25) is 9.59 Å². The molecule has 0 heterocycles. The van der Waals surface area contributed by atoms with Crippen LogP contribution < -0.4 is 0 Å². The molecule has 0 aromatic rings. The third-order valence-corrected chi connectivity index (χ3v) is 3.08. The van der Waals surface area contributed by atoms with Crippen molar-refractivity contribution in [2.45, 2.75) is 39.4 Å². The van der Waals surface area contributed by atoms with Crippen LogP contribution in [0.1, 0.15) is 34.1 Å². The van der Waals surface area contributed by atoms with Gasteiger partial charge in [0.05, 0.1) is 13.0 Å². The Labute approximate surface area is 89.6 Å². The Morgan fingerprint density at radius 3 is 2.29 bits per heavy atom. The summed E-state index contributed by atoms with van der Waals surface area (Å²) in [6, 6.07) is 0. The number of carbonyl (C=O) groups is 2. The van der Waals surface area contributed by atoms with E-state index >= 15 is 0 Å². The molecule has 0 aliphatic rings. The van der Waals surface area contributed by atoms with E-state index in [0.717, 1.165) is 0 Å². The zero-order valence-electron chi connectivity index (χ0n) is 9.20. The van der Waals surface area contributed by atoms with Crippen LogP contribution in [0.25, 0.3) is 0 Å². The van der Waals surface area contributed by atoms with Crippen molar-refractivity contribution in [1.82, 2.24) is 0 Å². The molecule has 0 aromatic carbocycles. The molecule has 14 heavy (non-hydrogen) atoms. The van der Waals surface area contributed by atoms with Gasteiger partial charge in [-0.2, -0.15) is 0 Å². The lowest BCUT2D eigenvalue weighted by Gasteiger charge is -2.17. The van der Waals surface area contributed by atoms with Crippen LogP contribution >= 0.6 is 11.8 Å². The van der Waals surface area contributed by atoms with Gasteiger partial charge in [-0.05, 0) is 12.8 Å². The fraction of sp³-hybridized carbons (Fsp3) is 0.800. The van der Waals surface area contributed by atoms with Crippen molar-refractivity contribution in [2.24, 2.45) is 5.92 Å². The highest BCUT2D eigenvalue weighted by molar-refractivity contribution is 8.14. The molecule has 0 N–H and O–H groups in total. The van der Waals surface area contributed by atoms with Gasteiger partial charge in [0.1, 0.15) is 0 Å². The molecular weight excluding hydrogens is 200 g/mol. The SMILES string of the molecule is CCOC(=O)CC(SC(C)=O)C(C)C. The van der Waals surface area contributed by atoms with Crippen molar-refractivity contribution in [2.75, 3.05) is 6.61 Å². The molecule has 4 heteroatoms. The van der Waals surface area contributed by atoms with E-state index in [0.29, 0.717) is 18.9 Å². The van der Waals surface area contributed by atoms with Gasteiger partial charge in [-0.1, -0.05) is 25.6 Å². The van der Waals surface area contributed by atoms with E-state index in [1.54, 1.807) is 6.92 Å². The van der Waals surface area contributed by atoms with E-state index in [2.05, 4.69) is 0 Å². The first-order chi connectivity index (χ1) is 6.47. The highest BCUT2D eigenvalue weighted by atomic mass is 32.2. The quantitative estimate of drug-likeness (QED) is 0.664. The number of ether oxygens (including phenoxy) is 1. The van der Waals surface area contributed by atoms with Crippen molar-refractivity contribution in [3.8, 4) is 0 Å². The second-order valence-corrected chi connectivity index (χ2v) is 4.82. The summed E-state index contributed by atoms with van der Waals surface area (Å²) in [6.45, 7) is 7.69. The average Bonchev–Trinajstić information content (AvgIpc) is 2.02. The van der Waals surface area contributed by atoms with Crippen LogP contribution in [0.4, 0.5) is 0 Å². The van der Waals surface area contributed by atoms with Crippen molar-refractivity contribution in [1.29, 1.82) is 0 Å². The molecule has 0 aromatic heterocycles. The first-order valence-electron chi connectivity index (χ1n) is 4.80. The van der Waals surface area contributed by atoms with Gasteiger partial charge in [0.25, 0.3) is 0 Å². The number of hydrogen-bond donors (Lipinski definition) is 0. The van der Waals surface area contributed by atoms with Gasteiger partial charge in [0.15, 0.2) is 5.12 Å². The van der Waals surface area contributed by atoms with Crippen molar-refractivity contribution >= 4 is 22.8 Å². The normalized spacial score (nSPS) is 12.6. The van der Waals surface area contributed by atoms with Crippen LogP contribution in [0, 0.1) is 5.92 Å². The smallest absolute Gasteiger partial charge is 0.306 e. The molecule has 0 saturated heterocycles. The Morgan fingerprint density at radius 2 is 1.93 bits per heavy atom. The highest BCUT2D eigenvalue weighted by Gasteiger charge is 2.20. The monoisotopic (exact) mass is 218 g/mol. The summed E-state index contributed by atoms with van der Waals surface area (Å²) in [6.07, 6.45) is 0.315. The molecule has 0 amide bonds. The predicted molar refractivity (Wildman–Crippen MR) is 58.1 cm³/mol. The van der Waals surface area contributed by atoms with Crippen LogP contribution in [-0.2, 0) is 14.3 Å². The molecular formula is C10H18O3S. The molecule has 1 unspecified atom stereocenters. The van der Waals surface area contributed by atoms with Gasteiger partial charge in [0, 0.05) is 12.2 Å². The van der Waals surface area contributed by atoms with Gasteiger partial charge < -0.3 is 4.74 Å². The minimum atomic E-state index is -0.222. The maximum Gasteiger partial charge on any atom is 0.306 e. The standard InChI is InChI=1S/C10H18O3S/c1-5-13-10(12)6-9(7(2)3)14-8(4)11/h7,9H,5-6H2,1-4H3. The molecule has 0 aliphatic carbocycles. The Hall–Kier alpha value is -0.510. The Kier molecular flexibility index (Phi) is 6.62. The summed E-state index contributed by atoms with van der Waals surface area (Å²) in [4.78, 5) is 22.1. The molecule has 1 atom stereocenters. The minimum Gasteiger partial charge on any atom is -0.466 e. The van der Waals surface area contributed by atoms with E-state index in [1.165, 1.54) is 18.7 Å². The summed E-state index contributed by atoms with van der Waals surface area (Å²) >= 11 is 1.22. The van der Waals surface area contributed by atoms with Crippen molar-refractivity contribution in [3.05, 3.63) is 0 Å². The third-order valence-electron chi connectivity index (χ3n) is 1.73. The molecule has 0 radical (unpaired) electrons. The second-order valence-electron chi connectivity index (χ2n) is 3.40. The Balaban J connectivity index is 4.09. The molecule has 82 valence electrons. The van der Waals surface area contributed by atoms with Crippen molar-refractivity contribution in [3.63, 3.8) is 0 Å². The van der Waals surface area contributed by atoms with Gasteiger partial charge in [0.2, 0.25) is 0 Å². The fourth-order valence-electron chi connectivity index (χ4n) is 1.01. The summed E-state index contributed by atoms with van der Waals surface area (Å²) in [7, 11) is 0. The molecule has 0 bridgehead atoms. The van der Waals surface area contributed by atoms with E-state index in [1.807, 2.05) is 13.8 Å². The zero-order valence-corrected chi connectivity index (χ0v) is 10.0. The fourth-order valence-corrected chi connectivity index (χ4v) is 1.93. The number of thioether (sulfide) groups is 1. The third kappa shape index (κ3) is 6.02. The number of esters is 1. The van der Waals surface area contributed by atoms with E-state index in [-0.39, 0.29) is 16.3 Å². The maximum atomic E-state index is 11.2. The molecule has 0 saturated carbocycles. The van der Waals surface area contributed by atoms with Gasteiger partial charge in [-0.25, -0.2) is 0 Å². The van der Waals surface area contributed by atoms with Gasteiger partial charge in [-0.15, -0.1) is 0 Å². The Morgan fingerprint density at radius 1 is 1.36 bits per heavy atom. The minimum absolute atomic E-state index is 0.0338. The van der Waals surface area contributed by atoms with Crippen LogP contribution in [-0.4, -0.2) is 22.9 Å². The molecule has 0 aliphatic heterocycles.